The van der Waals surface area contributed by atoms with Crippen molar-refractivity contribution in [2.24, 2.45) is 0 Å². The van der Waals surface area contributed by atoms with Crippen LogP contribution in [0.5, 0.6) is 0 Å². The zero-order valence-corrected chi connectivity index (χ0v) is 8.57. The highest BCUT2D eigenvalue weighted by Crippen LogP contribution is 2.20. The maximum absolute atomic E-state index is 9.69. The van der Waals surface area contributed by atoms with Gasteiger partial charge in [-0.05, 0) is 31.4 Å². The van der Waals surface area contributed by atoms with E-state index in [2.05, 4.69) is 24.0 Å². The zero-order valence-electron chi connectivity index (χ0n) is 8.57. The molecule has 1 rings (SSSR count). The predicted molar refractivity (Wildman–Crippen MR) is 51.4 cm³/mol. The van der Waals surface area contributed by atoms with Crippen LogP contribution in [0.4, 0.5) is 0 Å². The lowest BCUT2D eigenvalue weighted by Crippen LogP contribution is -2.18. The molecule has 0 fully saturated rings. The van der Waals surface area contributed by atoms with Crippen LogP contribution in [0.25, 0.3) is 0 Å². The minimum absolute atomic E-state index is 0.414. The van der Waals surface area contributed by atoms with Gasteiger partial charge in [-0.3, -0.25) is 0 Å². The summed E-state index contributed by atoms with van der Waals surface area (Å²) in [6.45, 7) is 7.60. The number of aliphatic hydroxyl groups is 1. The fraction of sp³-hybridized carbons (Fsp3) is 0.600. The Morgan fingerprint density at radius 2 is 2.00 bits per heavy atom. The van der Waals surface area contributed by atoms with E-state index >= 15 is 0 Å². The number of hydrogen-bond acceptors (Lipinski definition) is 3. The third kappa shape index (κ3) is 2.49. The van der Waals surface area contributed by atoms with E-state index in [9.17, 15) is 5.11 Å². The SMILES string of the molecule is CC(C)c1cnnc(C(C)(C)O)c1. The molecule has 0 aliphatic carbocycles. The Balaban J connectivity index is 3.06. The summed E-state index contributed by atoms with van der Waals surface area (Å²) in [6, 6.07) is 1.90. The van der Waals surface area contributed by atoms with Gasteiger partial charge in [-0.15, -0.1) is 0 Å². The number of rotatable bonds is 2. The maximum atomic E-state index is 9.69. The van der Waals surface area contributed by atoms with Crippen LogP contribution in [0.2, 0.25) is 0 Å². The van der Waals surface area contributed by atoms with E-state index in [1.54, 1.807) is 20.0 Å². The molecule has 0 spiro atoms. The van der Waals surface area contributed by atoms with E-state index in [-0.39, 0.29) is 0 Å². The summed E-state index contributed by atoms with van der Waals surface area (Å²) in [4.78, 5) is 0. The number of aromatic nitrogens is 2. The van der Waals surface area contributed by atoms with Crippen molar-refractivity contribution >= 4 is 0 Å². The molecule has 13 heavy (non-hydrogen) atoms. The second-order valence-corrected chi connectivity index (χ2v) is 4.09. The van der Waals surface area contributed by atoms with Crippen LogP contribution in [0, 0.1) is 0 Å². The minimum Gasteiger partial charge on any atom is -0.384 e. The molecule has 0 aliphatic heterocycles. The summed E-state index contributed by atoms with van der Waals surface area (Å²) in [7, 11) is 0. The maximum Gasteiger partial charge on any atom is 0.103 e. The third-order valence-corrected chi connectivity index (χ3v) is 1.97. The molecular formula is C10H16N2O. The molecule has 1 heterocycles. The van der Waals surface area contributed by atoms with Crippen molar-refractivity contribution in [1.29, 1.82) is 0 Å². The van der Waals surface area contributed by atoms with Crippen LogP contribution in [0.15, 0.2) is 12.3 Å². The quantitative estimate of drug-likeness (QED) is 0.755. The summed E-state index contributed by atoms with van der Waals surface area (Å²) in [5.74, 6) is 0.414. The Kier molecular flexibility index (Phi) is 2.66. The standard InChI is InChI=1S/C10H16N2O/c1-7(2)8-5-9(10(3,4)13)12-11-6-8/h5-7,13H,1-4H3. The highest BCUT2D eigenvalue weighted by Gasteiger charge is 2.18. The van der Waals surface area contributed by atoms with E-state index in [1.165, 1.54) is 0 Å². The van der Waals surface area contributed by atoms with Gasteiger partial charge in [-0.1, -0.05) is 13.8 Å². The molecule has 3 heteroatoms. The molecule has 0 aliphatic rings. The van der Waals surface area contributed by atoms with Crippen LogP contribution in [-0.2, 0) is 5.60 Å². The van der Waals surface area contributed by atoms with Crippen LogP contribution in [-0.4, -0.2) is 15.3 Å². The van der Waals surface area contributed by atoms with Crippen molar-refractivity contribution < 1.29 is 5.11 Å². The Hall–Kier alpha value is -0.960. The molecule has 0 atom stereocenters. The van der Waals surface area contributed by atoms with E-state index < -0.39 is 5.60 Å². The van der Waals surface area contributed by atoms with Gasteiger partial charge in [-0.25, -0.2) is 0 Å². The van der Waals surface area contributed by atoms with Crippen molar-refractivity contribution in [3.8, 4) is 0 Å². The second-order valence-electron chi connectivity index (χ2n) is 4.09. The topological polar surface area (TPSA) is 46.0 Å². The van der Waals surface area contributed by atoms with E-state index in [1.807, 2.05) is 6.07 Å². The lowest BCUT2D eigenvalue weighted by Gasteiger charge is -2.16. The predicted octanol–water partition coefficient (Wildman–Crippen LogP) is 1.83. The van der Waals surface area contributed by atoms with Gasteiger partial charge in [-0.2, -0.15) is 10.2 Å². The molecule has 0 aromatic carbocycles. The molecule has 3 nitrogen and oxygen atoms in total. The zero-order chi connectivity index (χ0) is 10.1. The molecule has 1 N–H and O–H groups in total. The molecule has 0 saturated heterocycles. The largest absolute Gasteiger partial charge is 0.384 e. The van der Waals surface area contributed by atoms with Gasteiger partial charge in [0.2, 0.25) is 0 Å². The second kappa shape index (κ2) is 3.42. The first kappa shape index (κ1) is 10.1. The first-order valence-corrected chi connectivity index (χ1v) is 4.46. The molecule has 0 bridgehead atoms. The fourth-order valence-corrected chi connectivity index (χ4v) is 0.996. The Morgan fingerprint density at radius 3 is 2.46 bits per heavy atom. The van der Waals surface area contributed by atoms with Gasteiger partial charge in [0.15, 0.2) is 0 Å². The van der Waals surface area contributed by atoms with Gasteiger partial charge in [0, 0.05) is 0 Å². The molecule has 0 unspecified atom stereocenters. The van der Waals surface area contributed by atoms with Crippen LogP contribution in [0.1, 0.15) is 44.9 Å². The average Bonchev–Trinajstić information content (AvgIpc) is 2.03. The van der Waals surface area contributed by atoms with Crippen molar-refractivity contribution in [1.82, 2.24) is 10.2 Å². The average molecular weight is 180 g/mol. The van der Waals surface area contributed by atoms with E-state index in [0.717, 1.165) is 5.56 Å². The van der Waals surface area contributed by atoms with Crippen molar-refractivity contribution in [2.45, 2.75) is 39.2 Å². The summed E-state index contributed by atoms with van der Waals surface area (Å²) < 4.78 is 0. The molecule has 1 aromatic rings. The van der Waals surface area contributed by atoms with E-state index in [4.69, 9.17) is 0 Å². The summed E-state index contributed by atoms with van der Waals surface area (Å²) in [6.07, 6.45) is 1.74. The van der Waals surface area contributed by atoms with Crippen LogP contribution >= 0.6 is 0 Å². The van der Waals surface area contributed by atoms with Crippen molar-refractivity contribution in [3.05, 3.63) is 23.5 Å². The Labute approximate surface area is 78.8 Å². The first-order chi connectivity index (χ1) is 5.91. The summed E-state index contributed by atoms with van der Waals surface area (Å²) in [5.41, 5.74) is 0.823. The molecule has 1 aromatic heterocycles. The smallest absolute Gasteiger partial charge is 0.103 e. The Bertz CT molecular complexity index is 289. The van der Waals surface area contributed by atoms with Gasteiger partial charge in [0.25, 0.3) is 0 Å². The fourth-order valence-electron chi connectivity index (χ4n) is 0.996. The first-order valence-electron chi connectivity index (χ1n) is 4.46. The van der Waals surface area contributed by atoms with E-state index in [0.29, 0.717) is 11.6 Å². The van der Waals surface area contributed by atoms with Gasteiger partial charge >= 0.3 is 0 Å². The summed E-state index contributed by atoms with van der Waals surface area (Å²) in [5, 5.41) is 17.4. The lowest BCUT2D eigenvalue weighted by atomic mass is 10.00. The van der Waals surface area contributed by atoms with Crippen LogP contribution < -0.4 is 0 Å². The van der Waals surface area contributed by atoms with Crippen molar-refractivity contribution in [3.63, 3.8) is 0 Å². The highest BCUT2D eigenvalue weighted by atomic mass is 16.3. The van der Waals surface area contributed by atoms with Crippen molar-refractivity contribution in [2.75, 3.05) is 0 Å². The molecule has 72 valence electrons. The summed E-state index contributed by atoms with van der Waals surface area (Å²) >= 11 is 0. The molecular weight excluding hydrogens is 164 g/mol. The minimum atomic E-state index is -0.905. The van der Waals surface area contributed by atoms with Crippen LogP contribution in [0.3, 0.4) is 0 Å². The van der Waals surface area contributed by atoms with Gasteiger partial charge < -0.3 is 5.11 Å². The third-order valence-electron chi connectivity index (χ3n) is 1.97. The van der Waals surface area contributed by atoms with Gasteiger partial charge in [0.05, 0.1) is 11.9 Å². The number of hydrogen-bond donors (Lipinski definition) is 1. The number of nitrogens with zero attached hydrogens (tertiary/aromatic N) is 2. The monoisotopic (exact) mass is 180 g/mol. The van der Waals surface area contributed by atoms with Gasteiger partial charge in [0.1, 0.15) is 5.60 Å². The molecule has 0 saturated carbocycles. The normalized spacial score (nSPS) is 12.2. The lowest BCUT2D eigenvalue weighted by molar-refractivity contribution is 0.0727. The Morgan fingerprint density at radius 1 is 1.38 bits per heavy atom. The molecule has 0 amide bonds. The molecule has 0 radical (unpaired) electrons. The highest BCUT2D eigenvalue weighted by molar-refractivity contribution is 5.19.